The Labute approximate surface area is 153 Å². The monoisotopic (exact) mass is 358 g/mol. The van der Waals surface area contributed by atoms with Crippen LogP contribution in [0.4, 0.5) is 8.78 Å². The van der Waals surface area contributed by atoms with Crippen LogP contribution >= 0.6 is 0 Å². The third-order valence-corrected chi connectivity index (χ3v) is 5.02. The Bertz CT molecular complexity index is 807. The minimum absolute atomic E-state index is 0.200. The van der Waals surface area contributed by atoms with Crippen LogP contribution in [0.2, 0.25) is 0 Å². The lowest BCUT2D eigenvalue weighted by molar-refractivity contribution is 0.0760. The van der Waals surface area contributed by atoms with Gasteiger partial charge in [-0.3, -0.25) is 9.69 Å². The van der Waals surface area contributed by atoms with Crippen molar-refractivity contribution in [2.45, 2.75) is 26.8 Å². The number of rotatable bonds is 3. The molecular formula is C21H24F2N2O. The second-order valence-electron chi connectivity index (χ2n) is 6.97. The number of carbonyl (C=O) groups excluding carboxylic acids is 1. The fourth-order valence-corrected chi connectivity index (χ4v) is 3.30. The quantitative estimate of drug-likeness (QED) is 0.830. The number of benzene rings is 2. The third-order valence-electron chi connectivity index (χ3n) is 5.02. The van der Waals surface area contributed by atoms with Gasteiger partial charge in [-0.05, 0) is 55.2 Å². The number of hydrogen-bond donors (Lipinski definition) is 0. The van der Waals surface area contributed by atoms with E-state index in [-0.39, 0.29) is 11.5 Å². The van der Waals surface area contributed by atoms with Crippen LogP contribution in [0.3, 0.4) is 0 Å². The van der Waals surface area contributed by atoms with Crippen molar-refractivity contribution < 1.29 is 13.6 Å². The van der Waals surface area contributed by atoms with Crippen LogP contribution in [-0.4, -0.2) is 41.9 Å². The normalized spacial score (nSPS) is 15.8. The molecule has 5 heteroatoms. The van der Waals surface area contributed by atoms with Gasteiger partial charge in [-0.15, -0.1) is 0 Å². The molecule has 3 nitrogen and oxygen atoms in total. The molecule has 1 heterocycles. The minimum atomic E-state index is -0.984. The Morgan fingerprint density at radius 3 is 2.46 bits per heavy atom. The van der Waals surface area contributed by atoms with Gasteiger partial charge in [0, 0.05) is 38.3 Å². The van der Waals surface area contributed by atoms with E-state index < -0.39 is 11.6 Å². The van der Waals surface area contributed by atoms with Crippen molar-refractivity contribution in [2.24, 2.45) is 0 Å². The van der Waals surface area contributed by atoms with Gasteiger partial charge >= 0.3 is 0 Å². The number of carbonyl (C=O) groups is 1. The summed E-state index contributed by atoms with van der Waals surface area (Å²) in [7, 11) is 0. The topological polar surface area (TPSA) is 23.6 Å². The van der Waals surface area contributed by atoms with Gasteiger partial charge in [0.15, 0.2) is 11.6 Å². The molecule has 1 amide bonds. The van der Waals surface area contributed by atoms with Crippen molar-refractivity contribution in [1.82, 2.24) is 9.80 Å². The molecule has 26 heavy (non-hydrogen) atoms. The maximum Gasteiger partial charge on any atom is 0.254 e. The summed E-state index contributed by atoms with van der Waals surface area (Å²) < 4.78 is 26.5. The fraction of sp³-hybridized carbons (Fsp3) is 0.381. The molecule has 0 radical (unpaired) electrons. The summed E-state index contributed by atoms with van der Waals surface area (Å²) in [6.45, 7) is 7.96. The number of aryl methyl sites for hydroxylation is 2. The van der Waals surface area contributed by atoms with E-state index in [2.05, 4.69) is 36.9 Å². The number of amides is 1. The standard InChI is InChI=1S/C21H24F2N2O/c1-15-4-5-17(12-16(15)2)14-24-8-3-9-25(11-10-24)21(26)18-6-7-19(22)20(23)13-18/h4-7,12-13H,3,8-11,14H2,1-2H3. The van der Waals surface area contributed by atoms with Crippen LogP contribution in [0.1, 0.15) is 33.5 Å². The lowest BCUT2D eigenvalue weighted by Crippen LogP contribution is -2.35. The summed E-state index contributed by atoms with van der Waals surface area (Å²) in [6.07, 6.45) is 0.861. The average Bonchev–Trinajstić information content (AvgIpc) is 2.85. The molecule has 1 fully saturated rings. The van der Waals surface area contributed by atoms with Gasteiger partial charge in [0.05, 0.1) is 0 Å². The Morgan fingerprint density at radius 1 is 0.923 bits per heavy atom. The van der Waals surface area contributed by atoms with E-state index in [1.807, 2.05) is 0 Å². The van der Waals surface area contributed by atoms with E-state index >= 15 is 0 Å². The van der Waals surface area contributed by atoms with Crippen LogP contribution in [0, 0.1) is 25.5 Å². The van der Waals surface area contributed by atoms with E-state index in [4.69, 9.17) is 0 Å². The number of halogens is 2. The number of nitrogens with zero attached hydrogens (tertiary/aromatic N) is 2. The van der Waals surface area contributed by atoms with Crippen LogP contribution in [0.5, 0.6) is 0 Å². The summed E-state index contributed by atoms with van der Waals surface area (Å²) in [5.41, 5.74) is 4.04. The molecule has 0 bridgehead atoms. The molecular weight excluding hydrogens is 334 g/mol. The molecule has 1 saturated heterocycles. The first kappa shape index (κ1) is 18.5. The molecule has 2 aromatic carbocycles. The predicted molar refractivity (Wildman–Crippen MR) is 98.1 cm³/mol. The molecule has 0 aromatic heterocycles. The average molecular weight is 358 g/mol. The van der Waals surface area contributed by atoms with Crippen molar-refractivity contribution in [2.75, 3.05) is 26.2 Å². The largest absolute Gasteiger partial charge is 0.337 e. The summed E-state index contributed by atoms with van der Waals surface area (Å²) in [4.78, 5) is 16.6. The first-order valence-electron chi connectivity index (χ1n) is 8.97. The van der Waals surface area contributed by atoms with E-state index in [0.717, 1.165) is 38.2 Å². The molecule has 1 aliphatic rings. The maximum atomic E-state index is 13.4. The molecule has 0 aliphatic carbocycles. The van der Waals surface area contributed by atoms with Crippen molar-refractivity contribution in [3.8, 4) is 0 Å². The minimum Gasteiger partial charge on any atom is -0.337 e. The molecule has 138 valence electrons. The maximum absolute atomic E-state index is 13.4. The fourth-order valence-electron chi connectivity index (χ4n) is 3.30. The van der Waals surface area contributed by atoms with E-state index in [9.17, 15) is 13.6 Å². The number of hydrogen-bond acceptors (Lipinski definition) is 2. The molecule has 0 N–H and O–H groups in total. The predicted octanol–water partition coefficient (Wildman–Crippen LogP) is 3.93. The zero-order valence-electron chi connectivity index (χ0n) is 15.3. The highest BCUT2D eigenvalue weighted by molar-refractivity contribution is 5.94. The van der Waals surface area contributed by atoms with Gasteiger partial charge in [-0.2, -0.15) is 0 Å². The molecule has 0 unspecified atom stereocenters. The first-order chi connectivity index (χ1) is 12.4. The Morgan fingerprint density at radius 2 is 1.73 bits per heavy atom. The lowest BCUT2D eigenvalue weighted by Gasteiger charge is -2.22. The highest BCUT2D eigenvalue weighted by atomic mass is 19.2. The highest BCUT2D eigenvalue weighted by Gasteiger charge is 2.21. The van der Waals surface area contributed by atoms with Gasteiger partial charge < -0.3 is 4.90 Å². The summed E-state index contributed by atoms with van der Waals surface area (Å²) in [6, 6.07) is 9.84. The van der Waals surface area contributed by atoms with Crippen molar-refractivity contribution >= 4 is 5.91 Å². The molecule has 0 spiro atoms. The molecule has 0 saturated carbocycles. The zero-order chi connectivity index (χ0) is 18.7. The van der Waals surface area contributed by atoms with E-state index in [0.29, 0.717) is 13.1 Å². The highest BCUT2D eigenvalue weighted by Crippen LogP contribution is 2.16. The van der Waals surface area contributed by atoms with Gasteiger partial charge in [0.2, 0.25) is 0 Å². The van der Waals surface area contributed by atoms with Crippen LogP contribution in [0.15, 0.2) is 36.4 Å². The molecule has 0 atom stereocenters. The second-order valence-corrected chi connectivity index (χ2v) is 6.97. The lowest BCUT2D eigenvalue weighted by atomic mass is 10.1. The Hall–Kier alpha value is -2.27. The zero-order valence-corrected chi connectivity index (χ0v) is 15.3. The molecule has 2 aromatic rings. The third kappa shape index (κ3) is 4.28. The smallest absolute Gasteiger partial charge is 0.254 e. The van der Waals surface area contributed by atoms with E-state index in [1.165, 1.54) is 22.8 Å². The first-order valence-corrected chi connectivity index (χ1v) is 8.97. The van der Waals surface area contributed by atoms with Crippen molar-refractivity contribution in [3.05, 3.63) is 70.3 Å². The van der Waals surface area contributed by atoms with Gasteiger partial charge in [-0.25, -0.2) is 8.78 Å². The molecule has 3 rings (SSSR count). The van der Waals surface area contributed by atoms with Gasteiger partial charge in [0.1, 0.15) is 0 Å². The Balaban J connectivity index is 1.63. The summed E-state index contributed by atoms with van der Waals surface area (Å²) >= 11 is 0. The van der Waals surface area contributed by atoms with Crippen LogP contribution in [-0.2, 0) is 6.54 Å². The van der Waals surface area contributed by atoms with Gasteiger partial charge in [0.25, 0.3) is 5.91 Å². The van der Waals surface area contributed by atoms with Gasteiger partial charge in [-0.1, -0.05) is 18.2 Å². The second kappa shape index (κ2) is 7.96. The van der Waals surface area contributed by atoms with E-state index in [1.54, 1.807) is 4.90 Å². The SMILES string of the molecule is Cc1ccc(CN2CCCN(C(=O)c3ccc(F)c(F)c3)CC2)cc1C. The van der Waals surface area contributed by atoms with Crippen molar-refractivity contribution in [3.63, 3.8) is 0 Å². The summed E-state index contributed by atoms with van der Waals surface area (Å²) in [5, 5.41) is 0. The van der Waals surface area contributed by atoms with Crippen molar-refractivity contribution in [1.29, 1.82) is 0 Å². The summed E-state index contributed by atoms with van der Waals surface area (Å²) in [5.74, 6) is -2.16. The van der Waals surface area contributed by atoms with Crippen LogP contribution in [0.25, 0.3) is 0 Å². The molecule has 1 aliphatic heterocycles. The Kier molecular flexibility index (Phi) is 5.67. The van der Waals surface area contributed by atoms with Crippen LogP contribution < -0.4 is 0 Å².